The SMILES string of the molecule is COc1cccc(ON)c1-c1cc(N2CCOCC2)nc2c(-c3ccn[nH]3)nccc12. The van der Waals surface area contributed by atoms with Crippen LogP contribution in [0.25, 0.3) is 33.4 Å². The minimum Gasteiger partial charge on any atom is -0.496 e. The molecule has 0 aliphatic carbocycles. The first-order valence-corrected chi connectivity index (χ1v) is 9.96. The molecule has 0 radical (unpaired) electrons. The van der Waals surface area contributed by atoms with E-state index in [1.54, 1.807) is 19.5 Å². The lowest BCUT2D eigenvalue weighted by atomic mass is 9.98. The fraction of sp³-hybridized carbons (Fsp3) is 0.227. The van der Waals surface area contributed by atoms with Crippen molar-refractivity contribution in [3.8, 4) is 34.0 Å². The molecule has 0 bridgehead atoms. The molecule has 4 heterocycles. The molecule has 158 valence electrons. The van der Waals surface area contributed by atoms with Gasteiger partial charge in [-0.15, -0.1) is 0 Å². The van der Waals surface area contributed by atoms with Crippen LogP contribution in [0, 0.1) is 0 Å². The van der Waals surface area contributed by atoms with Crippen LogP contribution in [0.3, 0.4) is 0 Å². The Morgan fingerprint density at radius 2 is 1.94 bits per heavy atom. The molecule has 1 aromatic carbocycles. The maximum absolute atomic E-state index is 5.66. The van der Waals surface area contributed by atoms with Crippen molar-refractivity contribution in [3.05, 3.63) is 48.8 Å². The molecular formula is C22H22N6O3. The normalized spacial score (nSPS) is 14.1. The fourth-order valence-corrected chi connectivity index (χ4v) is 3.93. The molecule has 1 fully saturated rings. The van der Waals surface area contributed by atoms with E-state index in [1.807, 2.05) is 36.4 Å². The second-order valence-corrected chi connectivity index (χ2v) is 7.10. The number of aromatic amines is 1. The zero-order valence-electron chi connectivity index (χ0n) is 17.0. The summed E-state index contributed by atoms with van der Waals surface area (Å²) in [4.78, 5) is 17.0. The van der Waals surface area contributed by atoms with Crippen LogP contribution in [0.5, 0.6) is 11.5 Å². The molecule has 0 saturated carbocycles. The van der Waals surface area contributed by atoms with Crippen LogP contribution < -0.4 is 20.4 Å². The number of nitrogens with zero attached hydrogens (tertiary/aromatic N) is 4. The molecule has 1 saturated heterocycles. The molecule has 0 spiro atoms. The van der Waals surface area contributed by atoms with Gasteiger partial charge in [0.05, 0.1) is 31.6 Å². The molecule has 0 amide bonds. The lowest BCUT2D eigenvalue weighted by Crippen LogP contribution is -2.36. The Morgan fingerprint density at radius 1 is 1.10 bits per heavy atom. The highest BCUT2D eigenvalue weighted by Crippen LogP contribution is 2.43. The second kappa shape index (κ2) is 8.21. The number of ether oxygens (including phenoxy) is 2. The van der Waals surface area contributed by atoms with Gasteiger partial charge in [0.25, 0.3) is 0 Å². The molecule has 3 N–H and O–H groups in total. The number of H-pyrrole nitrogens is 1. The van der Waals surface area contributed by atoms with Gasteiger partial charge in [-0.05, 0) is 30.3 Å². The van der Waals surface area contributed by atoms with Gasteiger partial charge < -0.3 is 19.2 Å². The van der Waals surface area contributed by atoms with Crippen molar-refractivity contribution in [1.29, 1.82) is 0 Å². The van der Waals surface area contributed by atoms with E-state index in [-0.39, 0.29) is 0 Å². The molecular weight excluding hydrogens is 396 g/mol. The summed E-state index contributed by atoms with van der Waals surface area (Å²) in [6, 6.07) is 11.4. The third-order valence-electron chi connectivity index (χ3n) is 5.41. The molecule has 9 heteroatoms. The summed E-state index contributed by atoms with van der Waals surface area (Å²) < 4.78 is 11.2. The average Bonchev–Trinajstić information content (AvgIpc) is 3.38. The van der Waals surface area contributed by atoms with E-state index in [0.717, 1.165) is 52.3 Å². The Bertz CT molecular complexity index is 1180. The van der Waals surface area contributed by atoms with E-state index in [2.05, 4.69) is 20.1 Å². The number of nitrogens with one attached hydrogen (secondary N) is 1. The largest absolute Gasteiger partial charge is 0.496 e. The van der Waals surface area contributed by atoms with E-state index in [9.17, 15) is 0 Å². The Morgan fingerprint density at radius 3 is 2.68 bits per heavy atom. The maximum atomic E-state index is 5.66. The van der Waals surface area contributed by atoms with Crippen LogP contribution in [0.4, 0.5) is 5.82 Å². The van der Waals surface area contributed by atoms with Crippen molar-refractivity contribution in [1.82, 2.24) is 20.2 Å². The van der Waals surface area contributed by atoms with Gasteiger partial charge in [0.15, 0.2) is 5.75 Å². The minimum atomic E-state index is 0.514. The zero-order valence-corrected chi connectivity index (χ0v) is 17.0. The van der Waals surface area contributed by atoms with E-state index in [4.69, 9.17) is 25.2 Å². The number of pyridine rings is 2. The van der Waals surface area contributed by atoms with Crippen LogP contribution in [0.15, 0.2) is 48.8 Å². The maximum Gasteiger partial charge on any atom is 0.158 e. The fourth-order valence-electron chi connectivity index (χ4n) is 3.93. The number of anilines is 1. The lowest BCUT2D eigenvalue weighted by Gasteiger charge is -2.29. The van der Waals surface area contributed by atoms with Gasteiger partial charge in [0.2, 0.25) is 0 Å². The van der Waals surface area contributed by atoms with Crippen molar-refractivity contribution >= 4 is 16.7 Å². The van der Waals surface area contributed by atoms with Gasteiger partial charge >= 0.3 is 0 Å². The number of hydrogen-bond acceptors (Lipinski definition) is 8. The van der Waals surface area contributed by atoms with Gasteiger partial charge in [-0.3, -0.25) is 10.1 Å². The Balaban J connectivity index is 1.83. The third kappa shape index (κ3) is 3.43. The first-order chi connectivity index (χ1) is 15.3. The first-order valence-electron chi connectivity index (χ1n) is 9.96. The van der Waals surface area contributed by atoms with Crippen LogP contribution in [-0.2, 0) is 4.74 Å². The van der Waals surface area contributed by atoms with Gasteiger partial charge in [-0.25, -0.2) is 4.98 Å². The zero-order chi connectivity index (χ0) is 21.2. The van der Waals surface area contributed by atoms with Crippen LogP contribution in [0.2, 0.25) is 0 Å². The van der Waals surface area contributed by atoms with E-state index < -0.39 is 0 Å². The summed E-state index contributed by atoms with van der Waals surface area (Å²) in [6.07, 6.45) is 3.46. The highest BCUT2D eigenvalue weighted by molar-refractivity contribution is 6.03. The Kier molecular flexibility index (Phi) is 5.11. The summed E-state index contributed by atoms with van der Waals surface area (Å²) in [6.45, 7) is 2.82. The first kappa shape index (κ1) is 19.3. The predicted molar refractivity (Wildman–Crippen MR) is 117 cm³/mol. The molecule has 0 unspecified atom stereocenters. The monoisotopic (exact) mass is 418 g/mol. The summed E-state index contributed by atoms with van der Waals surface area (Å²) in [5, 5.41) is 7.97. The topological polar surface area (TPSA) is 111 Å². The predicted octanol–water partition coefficient (Wildman–Crippen LogP) is 2.78. The number of fused-ring (bicyclic) bond motifs is 1. The lowest BCUT2D eigenvalue weighted by molar-refractivity contribution is 0.122. The van der Waals surface area contributed by atoms with Crippen LogP contribution >= 0.6 is 0 Å². The van der Waals surface area contributed by atoms with E-state index >= 15 is 0 Å². The van der Waals surface area contributed by atoms with Gasteiger partial charge in [0, 0.05) is 36.4 Å². The highest BCUT2D eigenvalue weighted by Gasteiger charge is 2.22. The van der Waals surface area contributed by atoms with Crippen molar-refractivity contribution in [2.24, 2.45) is 5.90 Å². The number of benzene rings is 1. The third-order valence-corrected chi connectivity index (χ3v) is 5.41. The second-order valence-electron chi connectivity index (χ2n) is 7.10. The van der Waals surface area contributed by atoms with Gasteiger partial charge in [-0.1, -0.05) is 6.07 Å². The average molecular weight is 418 g/mol. The molecule has 4 aromatic rings. The van der Waals surface area contributed by atoms with Crippen molar-refractivity contribution in [3.63, 3.8) is 0 Å². The minimum absolute atomic E-state index is 0.514. The Labute approximate surface area is 178 Å². The van der Waals surface area contributed by atoms with Crippen molar-refractivity contribution in [2.45, 2.75) is 0 Å². The van der Waals surface area contributed by atoms with Gasteiger partial charge in [-0.2, -0.15) is 11.0 Å². The molecule has 3 aromatic heterocycles. The number of methoxy groups -OCH3 is 1. The van der Waals surface area contributed by atoms with Crippen molar-refractivity contribution < 1.29 is 14.3 Å². The quantitative estimate of drug-likeness (QED) is 0.476. The number of hydrogen-bond donors (Lipinski definition) is 2. The van der Waals surface area contributed by atoms with Crippen LogP contribution in [0.1, 0.15) is 0 Å². The number of morpholine rings is 1. The standard InChI is InChI=1S/C22H22N6O3/c1-29-17-3-2-4-18(31-23)20(17)15-13-19(28-9-11-30-12-10-28)26-21-14(15)5-7-24-22(21)16-6-8-25-27-16/h2-8,13H,9-12,23H2,1H3,(H,25,27). The Hall–Kier alpha value is -3.69. The highest BCUT2D eigenvalue weighted by atomic mass is 16.6. The number of rotatable bonds is 5. The molecule has 1 aliphatic rings. The molecule has 9 nitrogen and oxygen atoms in total. The molecule has 5 rings (SSSR count). The van der Waals surface area contributed by atoms with Gasteiger partial charge in [0.1, 0.15) is 22.8 Å². The summed E-state index contributed by atoms with van der Waals surface area (Å²) in [5.74, 6) is 7.62. The molecule has 1 aliphatic heterocycles. The summed E-state index contributed by atoms with van der Waals surface area (Å²) in [7, 11) is 1.63. The smallest absolute Gasteiger partial charge is 0.158 e. The van der Waals surface area contributed by atoms with E-state index in [1.165, 1.54) is 0 Å². The summed E-state index contributed by atoms with van der Waals surface area (Å²) >= 11 is 0. The van der Waals surface area contributed by atoms with Crippen molar-refractivity contribution in [2.75, 3.05) is 38.3 Å². The summed E-state index contributed by atoms with van der Waals surface area (Å²) in [5.41, 5.74) is 3.92. The number of aromatic nitrogens is 4. The van der Waals surface area contributed by atoms with E-state index in [0.29, 0.717) is 24.7 Å². The van der Waals surface area contributed by atoms with Crippen LogP contribution in [-0.4, -0.2) is 53.6 Å². The molecule has 31 heavy (non-hydrogen) atoms. The number of nitrogens with two attached hydrogens (primary N) is 1. The molecule has 0 atom stereocenters.